The van der Waals surface area contributed by atoms with E-state index in [2.05, 4.69) is 27.4 Å². The third kappa shape index (κ3) is 3.54. The molecule has 1 aromatic carbocycles. The Morgan fingerprint density at radius 2 is 2.32 bits per heavy atom. The standard InChI is InChI=1S/C14H20N4O/c1-3-15-9-14(19)18(2)7-6-11-4-5-12-13(8-11)17-10-16-12/h4-5,8,10,15H,3,6-7,9H2,1-2H3,(H,16,17). The Balaban J connectivity index is 1.88. The number of carbonyl (C=O) groups excluding carboxylic acids is 1. The molecule has 0 fully saturated rings. The van der Waals surface area contributed by atoms with E-state index >= 15 is 0 Å². The van der Waals surface area contributed by atoms with Crippen LogP contribution in [0.1, 0.15) is 12.5 Å². The van der Waals surface area contributed by atoms with E-state index in [4.69, 9.17) is 0 Å². The van der Waals surface area contributed by atoms with Gasteiger partial charge in [-0.25, -0.2) is 4.98 Å². The van der Waals surface area contributed by atoms with Crippen LogP contribution in [0.2, 0.25) is 0 Å². The lowest BCUT2D eigenvalue weighted by Crippen LogP contribution is -2.36. The number of amides is 1. The first-order valence-electron chi connectivity index (χ1n) is 6.57. The molecule has 2 N–H and O–H groups in total. The van der Waals surface area contributed by atoms with Crippen LogP contribution in [0.3, 0.4) is 0 Å². The van der Waals surface area contributed by atoms with E-state index in [1.807, 2.05) is 20.0 Å². The van der Waals surface area contributed by atoms with Gasteiger partial charge in [0.2, 0.25) is 5.91 Å². The number of imidazole rings is 1. The fraction of sp³-hybridized carbons (Fsp3) is 0.429. The third-order valence-corrected chi connectivity index (χ3v) is 3.17. The molecular weight excluding hydrogens is 240 g/mol. The molecule has 1 amide bonds. The van der Waals surface area contributed by atoms with Crippen molar-refractivity contribution < 1.29 is 4.79 Å². The Bertz CT molecular complexity index is 549. The second-order valence-electron chi connectivity index (χ2n) is 4.60. The molecule has 0 aliphatic rings. The van der Waals surface area contributed by atoms with E-state index in [-0.39, 0.29) is 5.91 Å². The predicted octanol–water partition coefficient (Wildman–Crippen LogP) is 1.17. The number of nitrogens with one attached hydrogen (secondary N) is 2. The smallest absolute Gasteiger partial charge is 0.236 e. The summed E-state index contributed by atoms with van der Waals surface area (Å²) in [6, 6.07) is 6.15. The van der Waals surface area contributed by atoms with E-state index in [1.165, 1.54) is 5.56 Å². The molecule has 102 valence electrons. The van der Waals surface area contributed by atoms with Crippen molar-refractivity contribution in [1.82, 2.24) is 20.2 Å². The van der Waals surface area contributed by atoms with Crippen LogP contribution in [0.4, 0.5) is 0 Å². The Morgan fingerprint density at radius 1 is 1.47 bits per heavy atom. The van der Waals surface area contributed by atoms with Gasteiger partial charge in [0, 0.05) is 13.6 Å². The summed E-state index contributed by atoms with van der Waals surface area (Å²) in [5.74, 6) is 0.129. The Labute approximate surface area is 113 Å². The van der Waals surface area contributed by atoms with E-state index in [9.17, 15) is 4.79 Å². The molecule has 0 saturated heterocycles. The monoisotopic (exact) mass is 260 g/mol. The van der Waals surface area contributed by atoms with Crippen LogP contribution >= 0.6 is 0 Å². The highest BCUT2D eigenvalue weighted by Gasteiger charge is 2.07. The molecule has 1 aromatic heterocycles. The molecule has 0 saturated carbocycles. The van der Waals surface area contributed by atoms with E-state index in [1.54, 1.807) is 11.2 Å². The minimum atomic E-state index is 0.129. The number of likely N-dealkylation sites (N-methyl/N-ethyl adjacent to an activating group) is 2. The number of aromatic nitrogens is 2. The number of H-pyrrole nitrogens is 1. The van der Waals surface area contributed by atoms with E-state index in [0.29, 0.717) is 6.54 Å². The van der Waals surface area contributed by atoms with Gasteiger partial charge in [-0.05, 0) is 30.7 Å². The molecule has 0 aliphatic heterocycles. The maximum Gasteiger partial charge on any atom is 0.236 e. The lowest BCUT2D eigenvalue weighted by molar-refractivity contribution is -0.128. The molecule has 5 nitrogen and oxygen atoms in total. The summed E-state index contributed by atoms with van der Waals surface area (Å²) >= 11 is 0. The van der Waals surface area contributed by atoms with Gasteiger partial charge in [-0.1, -0.05) is 13.0 Å². The number of carbonyl (C=O) groups is 1. The molecule has 0 atom stereocenters. The first-order valence-corrected chi connectivity index (χ1v) is 6.57. The average Bonchev–Trinajstić information content (AvgIpc) is 2.89. The largest absolute Gasteiger partial charge is 0.345 e. The number of hydrogen-bond donors (Lipinski definition) is 2. The lowest BCUT2D eigenvalue weighted by atomic mass is 10.1. The maximum absolute atomic E-state index is 11.7. The highest BCUT2D eigenvalue weighted by molar-refractivity contribution is 5.78. The van der Waals surface area contributed by atoms with Crippen LogP contribution in [0.15, 0.2) is 24.5 Å². The minimum Gasteiger partial charge on any atom is -0.345 e. The zero-order valence-electron chi connectivity index (χ0n) is 11.4. The maximum atomic E-state index is 11.7. The zero-order chi connectivity index (χ0) is 13.7. The van der Waals surface area contributed by atoms with Crippen LogP contribution in [0, 0.1) is 0 Å². The number of nitrogens with zero attached hydrogens (tertiary/aromatic N) is 2. The molecule has 0 aliphatic carbocycles. The highest BCUT2D eigenvalue weighted by Crippen LogP contribution is 2.12. The molecule has 19 heavy (non-hydrogen) atoms. The first kappa shape index (κ1) is 13.5. The van der Waals surface area contributed by atoms with Gasteiger partial charge in [0.25, 0.3) is 0 Å². The van der Waals surface area contributed by atoms with Crippen LogP contribution in [-0.2, 0) is 11.2 Å². The van der Waals surface area contributed by atoms with Crippen LogP contribution < -0.4 is 5.32 Å². The van der Waals surface area contributed by atoms with E-state index < -0.39 is 0 Å². The van der Waals surface area contributed by atoms with Crippen LogP contribution in [-0.4, -0.2) is 47.5 Å². The predicted molar refractivity (Wildman–Crippen MR) is 76.0 cm³/mol. The average molecular weight is 260 g/mol. The molecule has 0 unspecified atom stereocenters. The normalized spacial score (nSPS) is 10.8. The van der Waals surface area contributed by atoms with Gasteiger partial charge in [0.15, 0.2) is 0 Å². The number of hydrogen-bond acceptors (Lipinski definition) is 3. The molecule has 2 rings (SSSR count). The molecule has 0 spiro atoms. The van der Waals surface area contributed by atoms with Crippen molar-refractivity contribution in [3.63, 3.8) is 0 Å². The van der Waals surface area contributed by atoms with Crippen molar-refractivity contribution in [3.8, 4) is 0 Å². The second kappa shape index (κ2) is 6.33. The highest BCUT2D eigenvalue weighted by atomic mass is 16.2. The minimum absolute atomic E-state index is 0.129. The Hall–Kier alpha value is -1.88. The van der Waals surface area contributed by atoms with Crippen molar-refractivity contribution in [3.05, 3.63) is 30.1 Å². The van der Waals surface area contributed by atoms with Gasteiger partial charge in [-0.3, -0.25) is 4.79 Å². The van der Waals surface area contributed by atoms with Crippen LogP contribution in [0.25, 0.3) is 11.0 Å². The summed E-state index contributed by atoms with van der Waals surface area (Å²) in [4.78, 5) is 20.8. The van der Waals surface area contributed by atoms with Gasteiger partial charge in [0.1, 0.15) is 0 Å². The molecular formula is C14H20N4O. The quantitative estimate of drug-likeness (QED) is 0.819. The Morgan fingerprint density at radius 3 is 3.11 bits per heavy atom. The van der Waals surface area contributed by atoms with Gasteiger partial charge in [0.05, 0.1) is 23.9 Å². The summed E-state index contributed by atoms with van der Waals surface area (Å²) in [6.45, 7) is 3.94. The second-order valence-corrected chi connectivity index (χ2v) is 4.60. The third-order valence-electron chi connectivity index (χ3n) is 3.17. The Kier molecular flexibility index (Phi) is 4.52. The first-order chi connectivity index (χ1) is 9.20. The van der Waals surface area contributed by atoms with Gasteiger partial charge < -0.3 is 15.2 Å². The van der Waals surface area contributed by atoms with Crippen molar-refractivity contribution in [2.75, 3.05) is 26.7 Å². The summed E-state index contributed by atoms with van der Waals surface area (Å²) in [5.41, 5.74) is 3.22. The van der Waals surface area contributed by atoms with Gasteiger partial charge in [-0.15, -0.1) is 0 Å². The van der Waals surface area contributed by atoms with Crippen molar-refractivity contribution in [2.45, 2.75) is 13.3 Å². The summed E-state index contributed by atoms with van der Waals surface area (Å²) < 4.78 is 0. The van der Waals surface area contributed by atoms with Crippen molar-refractivity contribution >= 4 is 16.9 Å². The fourth-order valence-electron chi connectivity index (χ4n) is 1.93. The number of fused-ring (bicyclic) bond motifs is 1. The topological polar surface area (TPSA) is 61.0 Å². The molecule has 1 heterocycles. The SMILES string of the molecule is CCNCC(=O)N(C)CCc1ccc2nc[nH]c2c1. The molecule has 0 bridgehead atoms. The summed E-state index contributed by atoms with van der Waals surface area (Å²) in [6.07, 6.45) is 2.55. The zero-order valence-corrected chi connectivity index (χ0v) is 11.4. The summed E-state index contributed by atoms with van der Waals surface area (Å²) in [5, 5.41) is 3.04. The number of rotatable bonds is 6. The number of aromatic amines is 1. The fourth-order valence-corrected chi connectivity index (χ4v) is 1.93. The number of benzene rings is 1. The lowest BCUT2D eigenvalue weighted by Gasteiger charge is -2.17. The van der Waals surface area contributed by atoms with Gasteiger partial charge >= 0.3 is 0 Å². The summed E-state index contributed by atoms with van der Waals surface area (Å²) in [7, 11) is 1.84. The van der Waals surface area contributed by atoms with Crippen molar-refractivity contribution in [2.24, 2.45) is 0 Å². The van der Waals surface area contributed by atoms with E-state index in [0.717, 1.165) is 30.5 Å². The molecule has 2 aromatic rings. The van der Waals surface area contributed by atoms with Crippen LogP contribution in [0.5, 0.6) is 0 Å². The molecule has 5 heteroatoms. The molecule has 0 radical (unpaired) electrons. The van der Waals surface area contributed by atoms with Crippen molar-refractivity contribution in [1.29, 1.82) is 0 Å². The van der Waals surface area contributed by atoms with Gasteiger partial charge in [-0.2, -0.15) is 0 Å².